The summed E-state index contributed by atoms with van der Waals surface area (Å²) < 4.78 is 27.0. The first-order valence-electron chi connectivity index (χ1n) is 9.94. The van der Waals surface area contributed by atoms with Crippen LogP contribution in [0, 0.1) is 12.8 Å². The summed E-state index contributed by atoms with van der Waals surface area (Å²) in [4.78, 5) is 12.7. The van der Waals surface area contributed by atoms with Gasteiger partial charge >= 0.3 is 0 Å². The van der Waals surface area contributed by atoms with E-state index in [0.717, 1.165) is 17.5 Å². The van der Waals surface area contributed by atoms with Crippen molar-refractivity contribution >= 4 is 33.2 Å². The molecule has 0 bridgehead atoms. The summed E-state index contributed by atoms with van der Waals surface area (Å²) >= 11 is 6.12. The minimum absolute atomic E-state index is 0.101. The van der Waals surface area contributed by atoms with Crippen molar-refractivity contribution in [3.63, 3.8) is 0 Å². The maximum Gasteiger partial charge on any atom is 0.228 e. The van der Waals surface area contributed by atoms with Gasteiger partial charge in [-0.15, -0.1) is 0 Å². The van der Waals surface area contributed by atoms with E-state index in [-0.39, 0.29) is 24.1 Å². The number of amides is 1. The van der Waals surface area contributed by atoms with E-state index in [1.165, 1.54) is 4.31 Å². The SMILES string of the molecule is Cc1c(Cl)cccc1NC(=O)C1CCCN(S(=O)(=O)CCCc2ccccc2)C1. The number of carbonyl (C=O) groups excluding carboxylic acids is 1. The van der Waals surface area contributed by atoms with Crippen LogP contribution in [0.5, 0.6) is 0 Å². The molecular formula is C22H27ClN2O3S. The molecule has 29 heavy (non-hydrogen) atoms. The van der Waals surface area contributed by atoms with Crippen LogP contribution in [-0.2, 0) is 21.2 Å². The molecule has 1 amide bonds. The molecule has 1 fully saturated rings. The highest BCUT2D eigenvalue weighted by molar-refractivity contribution is 7.89. The Morgan fingerprint density at radius 3 is 2.69 bits per heavy atom. The third-order valence-corrected chi connectivity index (χ3v) is 7.72. The number of hydrogen-bond acceptors (Lipinski definition) is 3. The largest absolute Gasteiger partial charge is 0.326 e. The fourth-order valence-corrected chi connectivity index (χ4v) is 5.38. The van der Waals surface area contributed by atoms with E-state index in [0.29, 0.717) is 36.5 Å². The van der Waals surface area contributed by atoms with Crippen molar-refractivity contribution < 1.29 is 13.2 Å². The molecule has 1 saturated heterocycles. The fraction of sp³-hybridized carbons (Fsp3) is 0.409. The Morgan fingerprint density at radius 1 is 1.17 bits per heavy atom. The molecule has 5 nitrogen and oxygen atoms in total. The Labute approximate surface area is 178 Å². The van der Waals surface area contributed by atoms with E-state index >= 15 is 0 Å². The smallest absolute Gasteiger partial charge is 0.228 e. The molecule has 1 aliphatic rings. The number of anilines is 1. The quantitative estimate of drug-likeness (QED) is 0.707. The van der Waals surface area contributed by atoms with Gasteiger partial charge in [-0.3, -0.25) is 4.79 Å². The fourth-order valence-electron chi connectivity index (χ4n) is 3.62. The molecule has 7 heteroatoms. The van der Waals surface area contributed by atoms with Gasteiger partial charge in [0.05, 0.1) is 11.7 Å². The van der Waals surface area contributed by atoms with Gasteiger partial charge in [0.25, 0.3) is 0 Å². The number of rotatable bonds is 7. The Hall–Kier alpha value is -1.89. The first-order valence-corrected chi connectivity index (χ1v) is 11.9. The van der Waals surface area contributed by atoms with Crippen LogP contribution in [0.4, 0.5) is 5.69 Å². The van der Waals surface area contributed by atoms with Gasteiger partial charge in [0.15, 0.2) is 0 Å². The molecule has 3 rings (SSSR count). The molecule has 0 radical (unpaired) electrons. The van der Waals surface area contributed by atoms with Gasteiger partial charge < -0.3 is 5.32 Å². The van der Waals surface area contributed by atoms with Crippen molar-refractivity contribution in [3.8, 4) is 0 Å². The summed E-state index contributed by atoms with van der Waals surface area (Å²) in [6.07, 6.45) is 2.67. The lowest BCUT2D eigenvalue weighted by atomic mass is 9.98. The van der Waals surface area contributed by atoms with Crippen LogP contribution in [0.2, 0.25) is 5.02 Å². The molecule has 156 valence electrons. The highest BCUT2D eigenvalue weighted by atomic mass is 35.5. The Morgan fingerprint density at radius 2 is 1.93 bits per heavy atom. The highest BCUT2D eigenvalue weighted by Gasteiger charge is 2.32. The highest BCUT2D eigenvalue weighted by Crippen LogP contribution is 2.26. The van der Waals surface area contributed by atoms with Crippen molar-refractivity contribution in [1.29, 1.82) is 0 Å². The lowest BCUT2D eigenvalue weighted by Gasteiger charge is -2.31. The number of aryl methyl sites for hydroxylation is 1. The summed E-state index contributed by atoms with van der Waals surface area (Å²) in [6.45, 7) is 2.56. The van der Waals surface area contributed by atoms with Gasteiger partial charge in [-0.2, -0.15) is 0 Å². The van der Waals surface area contributed by atoms with E-state index in [4.69, 9.17) is 11.6 Å². The van der Waals surface area contributed by atoms with Gasteiger partial charge in [-0.05, 0) is 55.9 Å². The number of sulfonamides is 1. The second kappa shape index (κ2) is 9.74. The number of halogens is 1. The van der Waals surface area contributed by atoms with Crippen molar-refractivity contribution in [2.45, 2.75) is 32.6 Å². The van der Waals surface area contributed by atoms with Crippen LogP contribution in [-0.4, -0.2) is 37.5 Å². The molecule has 1 aliphatic heterocycles. The molecule has 0 aliphatic carbocycles. The lowest BCUT2D eigenvalue weighted by Crippen LogP contribution is -2.44. The average Bonchev–Trinajstić information content (AvgIpc) is 2.72. The number of benzene rings is 2. The number of nitrogens with zero attached hydrogens (tertiary/aromatic N) is 1. The van der Waals surface area contributed by atoms with Gasteiger partial charge in [-0.1, -0.05) is 48.0 Å². The molecule has 1 unspecified atom stereocenters. The number of nitrogens with one attached hydrogen (secondary N) is 1. The van der Waals surface area contributed by atoms with Crippen LogP contribution in [0.1, 0.15) is 30.4 Å². The molecule has 1 heterocycles. The lowest BCUT2D eigenvalue weighted by molar-refractivity contribution is -0.120. The minimum atomic E-state index is -3.38. The van der Waals surface area contributed by atoms with Crippen LogP contribution >= 0.6 is 11.6 Å². The van der Waals surface area contributed by atoms with Crippen molar-refractivity contribution in [3.05, 3.63) is 64.7 Å². The van der Waals surface area contributed by atoms with E-state index in [1.54, 1.807) is 18.2 Å². The van der Waals surface area contributed by atoms with Crippen LogP contribution in [0.25, 0.3) is 0 Å². The Balaban J connectivity index is 1.57. The van der Waals surface area contributed by atoms with Crippen LogP contribution in [0.15, 0.2) is 48.5 Å². The molecule has 2 aromatic carbocycles. The Kier molecular flexibility index (Phi) is 7.33. The van der Waals surface area contributed by atoms with Gasteiger partial charge in [-0.25, -0.2) is 12.7 Å². The van der Waals surface area contributed by atoms with E-state index in [2.05, 4.69) is 5.32 Å². The van der Waals surface area contributed by atoms with Crippen molar-refractivity contribution in [1.82, 2.24) is 4.31 Å². The van der Waals surface area contributed by atoms with E-state index in [9.17, 15) is 13.2 Å². The number of hydrogen-bond donors (Lipinski definition) is 1. The minimum Gasteiger partial charge on any atom is -0.326 e. The summed E-state index contributed by atoms with van der Waals surface area (Å²) in [6, 6.07) is 15.2. The van der Waals surface area contributed by atoms with Crippen LogP contribution < -0.4 is 5.32 Å². The molecule has 1 atom stereocenters. The second-order valence-electron chi connectivity index (χ2n) is 7.50. The zero-order valence-electron chi connectivity index (χ0n) is 16.6. The second-order valence-corrected chi connectivity index (χ2v) is 10.00. The zero-order valence-corrected chi connectivity index (χ0v) is 18.2. The first kappa shape index (κ1) is 21.8. The summed E-state index contributed by atoms with van der Waals surface area (Å²) in [5, 5.41) is 3.50. The third kappa shape index (κ3) is 5.81. The average molecular weight is 435 g/mol. The first-order chi connectivity index (χ1) is 13.9. The molecular weight excluding hydrogens is 408 g/mol. The standard InChI is InChI=1S/C22H27ClN2O3S/c1-17-20(23)12-5-13-21(17)24-22(26)19-11-6-14-25(16-19)29(27,28)15-7-10-18-8-3-2-4-9-18/h2-5,8-9,12-13,19H,6-7,10-11,14-16H2,1H3,(H,24,26). The normalized spacial score (nSPS) is 17.8. The van der Waals surface area contributed by atoms with Crippen molar-refractivity contribution in [2.75, 3.05) is 24.2 Å². The molecule has 0 aromatic heterocycles. The van der Waals surface area contributed by atoms with E-state index in [1.807, 2.05) is 37.3 Å². The summed E-state index contributed by atoms with van der Waals surface area (Å²) in [5.74, 6) is -0.408. The topological polar surface area (TPSA) is 66.5 Å². The van der Waals surface area contributed by atoms with Gasteiger partial charge in [0.1, 0.15) is 0 Å². The molecule has 2 aromatic rings. The number of carbonyl (C=O) groups is 1. The van der Waals surface area contributed by atoms with Crippen molar-refractivity contribution in [2.24, 2.45) is 5.92 Å². The predicted molar refractivity (Wildman–Crippen MR) is 118 cm³/mol. The monoisotopic (exact) mass is 434 g/mol. The van der Waals surface area contributed by atoms with Gasteiger partial charge in [0, 0.05) is 23.8 Å². The predicted octanol–water partition coefficient (Wildman–Crippen LogP) is 4.26. The molecule has 0 saturated carbocycles. The number of piperidine rings is 1. The summed E-state index contributed by atoms with van der Waals surface area (Å²) in [5.41, 5.74) is 2.62. The molecule has 1 N–H and O–H groups in total. The molecule has 0 spiro atoms. The zero-order chi connectivity index (χ0) is 20.9. The maximum atomic E-state index is 12.8. The Bertz CT molecular complexity index is 948. The van der Waals surface area contributed by atoms with E-state index < -0.39 is 10.0 Å². The van der Waals surface area contributed by atoms with Gasteiger partial charge in [0.2, 0.25) is 15.9 Å². The van der Waals surface area contributed by atoms with Crippen LogP contribution in [0.3, 0.4) is 0 Å². The third-order valence-electron chi connectivity index (χ3n) is 5.38. The maximum absolute atomic E-state index is 12.8. The summed E-state index contributed by atoms with van der Waals surface area (Å²) in [7, 11) is -3.38.